The molecule has 0 saturated carbocycles. The topological polar surface area (TPSA) is 52.6 Å². The molecule has 1 aliphatic rings. The molecule has 2 rings (SSSR count). The number of benzene rings is 1. The van der Waals surface area contributed by atoms with Crippen molar-refractivity contribution < 1.29 is 34.9 Å². The van der Waals surface area contributed by atoms with Crippen molar-refractivity contribution in [3.63, 3.8) is 0 Å². The zero-order chi connectivity index (χ0) is 15.8. The molecule has 0 saturated heterocycles. The van der Waals surface area contributed by atoms with Gasteiger partial charge < -0.3 is 8.92 Å². The van der Waals surface area contributed by atoms with Crippen LogP contribution in [0.15, 0.2) is 24.0 Å². The van der Waals surface area contributed by atoms with Crippen molar-refractivity contribution in [3.8, 4) is 5.75 Å². The summed E-state index contributed by atoms with van der Waals surface area (Å²) in [5.74, 6) is -1.67. The van der Waals surface area contributed by atoms with E-state index in [2.05, 4.69) is 4.18 Å². The number of rotatable bonds is 3. The minimum Gasteiger partial charge on any atom is -0.496 e. The zero-order valence-corrected chi connectivity index (χ0v) is 11.5. The third-order valence-electron chi connectivity index (χ3n) is 2.91. The van der Waals surface area contributed by atoms with E-state index in [1.807, 2.05) is 0 Å². The first-order valence-corrected chi connectivity index (χ1v) is 7.14. The lowest BCUT2D eigenvalue weighted by molar-refractivity contribution is -0.0510. The predicted molar refractivity (Wildman–Crippen MR) is 65.4 cm³/mol. The van der Waals surface area contributed by atoms with Crippen molar-refractivity contribution >= 4 is 15.9 Å². The van der Waals surface area contributed by atoms with Gasteiger partial charge in [-0.1, -0.05) is 12.1 Å². The molecule has 4 nitrogen and oxygen atoms in total. The molecule has 1 aliphatic carbocycles. The number of hydrogen-bond acceptors (Lipinski definition) is 4. The molecule has 0 spiro atoms. The quantitative estimate of drug-likeness (QED) is 0.486. The summed E-state index contributed by atoms with van der Waals surface area (Å²) in [6.07, 6.45) is -0.0970. The van der Waals surface area contributed by atoms with E-state index >= 15 is 0 Å². The van der Waals surface area contributed by atoms with E-state index in [4.69, 9.17) is 4.74 Å². The minimum absolute atomic E-state index is 0.0640. The van der Waals surface area contributed by atoms with Crippen LogP contribution in [0, 0.1) is 0 Å². The van der Waals surface area contributed by atoms with E-state index in [9.17, 15) is 26.0 Å². The van der Waals surface area contributed by atoms with Crippen molar-refractivity contribution in [2.24, 2.45) is 0 Å². The average molecular weight is 326 g/mol. The maximum absolute atomic E-state index is 13.8. The molecular formula is C12H10F4O4S. The Kier molecular flexibility index (Phi) is 3.87. The van der Waals surface area contributed by atoms with Crippen LogP contribution in [-0.4, -0.2) is 21.0 Å². The molecule has 0 heterocycles. The summed E-state index contributed by atoms with van der Waals surface area (Å²) in [5.41, 5.74) is -5.30. The van der Waals surface area contributed by atoms with Gasteiger partial charge in [0.15, 0.2) is 5.76 Å². The van der Waals surface area contributed by atoms with E-state index in [0.717, 1.165) is 0 Å². The van der Waals surface area contributed by atoms with Crippen LogP contribution in [0.2, 0.25) is 0 Å². The molecule has 0 bridgehead atoms. The van der Waals surface area contributed by atoms with Crippen LogP contribution in [0.25, 0.3) is 5.76 Å². The Labute approximate surface area is 118 Å². The smallest absolute Gasteiger partial charge is 0.496 e. The molecule has 1 aromatic carbocycles. The second kappa shape index (κ2) is 5.21. The summed E-state index contributed by atoms with van der Waals surface area (Å²) in [6.45, 7) is 0. The maximum atomic E-state index is 13.8. The van der Waals surface area contributed by atoms with Gasteiger partial charge in [0, 0.05) is 17.5 Å². The fourth-order valence-corrected chi connectivity index (χ4v) is 2.46. The molecule has 0 aliphatic heterocycles. The van der Waals surface area contributed by atoms with Crippen LogP contribution in [0.4, 0.5) is 17.6 Å². The second-order valence-corrected chi connectivity index (χ2v) is 5.74. The number of halogens is 4. The van der Waals surface area contributed by atoms with Gasteiger partial charge in [0.05, 0.1) is 7.11 Å². The molecule has 0 unspecified atom stereocenters. The number of alkyl halides is 3. The summed E-state index contributed by atoms with van der Waals surface area (Å²) < 4.78 is 81.9. The average Bonchev–Trinajstić information content (AvgIpc) is 2.40. The number of allylic oxidation sites excluding steroid dienone is 1. The van der Waals surface area contributed by atoms with Gasteiger partial charge in [-0.2, -0.15) is 21.6 Å². The van der Waals surface area contributed by atoms with Crippen LogP contribution in [0.5, 0.6) is 5.75 Å². The number of methoxy groups -OCH3 is 1. The fourth-order valence-electron chi connectivity index (χ4n) is 1.97. The molecule has 0 amide bonds. The van der Waals surface area contributed by atoms with Crippen molar-refractivity contribution in [2.45, 2.75) is 18.3 Å². The monoisotopic (exact) mass is 326 g/mol. The maximum Gasteiger partial charge on any atom is 0.534 e. The molecule has 21 heavy (non-hydrogen) atoms. The van der Waals surface area contributed by atoms with Gasteiger partial charge >= 0.3 is 15.6 Å². The molecule has 0 radical (unpaired) electrons. The Bertz CT molecular complexity index is 692. The molecule has 0 atom stereocenters. The van der Waals surface area contributed by atoms with Crippen LogP contribution >= 0.6 is 0 Å². The van der Waals surface area contributed by atoms with Crippen LogP contribution in [0.3, 0.4) is 0 Å². The minimum atomic E-state index is -5.93. The largest absolute Gasteiger partial charge is 0.534 e. The van der Waals surface area contributed by atoms with E-state index in [1.54, 1.807) is 0 Å². The highest BCUT2D eigenvalue weighted by atomic mass is 32.2. The van der Waals surface area contributed by atoms with Crippen LogP contribution in [0.1, 0.15) is 17.5 Å². The number of ether oxygens (including phenoxy) is 1. The molecule has 0 fully saturated rings. The Morgan fingerprint density at radius 2 is 1.86 bits per heavy atom. The standard InChI is InChI=1S/C12H10F4O4S/c1-19-10-4-2-3-8-7(10)5-6-9(13)11(8)20-21(17,18)12(14,15)16/h2-4H,5-6H2,1H3. The van der Waals surface area contributed by atoms with Gasteiger partial charge in [0.2, 0.25) is 0 Å². The van der Waals surface area contributed by atoms with Gasteiger partial charge in [0.25, 0.3) is 0 Å². The highest BCUT2D eigenvalue weighted by Crippen LogP contribution is 2.40. The fraction of sp³-hybridized carbons (Fsp3) is 0.333. The Hall–Kier alpha value is -1.77. The van der Waals surface area contributed by atoms with Gasteiger partial charge in [-0.05, 0) is 12.5 Å². The van der Waals surface area contributed by atoms with Crippen molar-refractivity contribution in [1.29, 1.82) is 0 Å². The summed E-state index contributed by atoms with van der Waals surface area (Å²) >= 11 is 0. The molecule has 0 N–H and O–H groups in total. The van der Waals surface area contributed by atoms with E-state index in [1.165, 1.54) is 25.3 Å². The van der Waals surface area contributed by atoms with Gasteiger partial charge in [-0.3, -0.25) is 0 Å². The molecule has 9 heteroatoms. The van der Waals surface area contributed by atoms with E-state index in [-0.39, 0.29) is 18.4 Å². The second-order valence-electron chi connectivity index (χ2n) is 4.20. The zero-order valence-electron chi connectivity index (χ0n) is 10.7. The van der Waals surface area contributed by atoms with Gasteiger partial charge in [-0.15, -0.1) is 0 Å². The Morgan fingerprint density at radius 3 is 2.43 bits per heavy atom. The summed E-state index contributed by atoms with van der Waals surface area (Å²) in [6, 6.07) is 4.22. The lowest BCUT2D eigenvalue weighted by Crippen LogP contribution is -2.26. The number of fused-ring (bicyclic) bond motifs is 1. The van der Waals surface area contributed by atoms with E-state index in [0.29, 0.717) is 11.3 Å². The molecule has 1 aromatic rings. The third-order valence-corrected chi connectivity index (χ3v) is 3.87. The first-order chi connectivity index (χ1) is 9.67. The highest BCUT2D eigenvalue weighted by Gasteiger charge is 2.49. The van der Waals surface area contributed by atoms with Crippen molar-refractivity contribution in [2.75, 3.05) is 7.11 Å². The summed E-state index contributed by atoms with van der Waals surface area (Å²) in [5, 5.41) is 0. The van der Waals surface area contributed by atoms with Crippen molar-refractivity contribution in [1.82, 2.24) is 0 Å². The molecule has 116 valence electrons. The Balaban J connectivity index is 2.51. The lowest BCUT2D eigenvalue weighted by Gasteiger charge is -2.21. The van der Waals surface area contributed by atoms with E-state index < -0.39 is 27.2 Å². The SMILES string of the molecule is COc1cccc2c1CCC(F)=C2OS(=O)(=O)C(F)(F)F. The third kappa shape index (κ3) is 2.82. The summed E-state index contributed by atoms with van der Waals surface area (Å²) in [7, 11) is -4.59. The lowest BCUT2D eigenvalue weighted by atomic mass is 9.94. The first-order valence-electron chi connectivity index (χ1n) is 5.73. The van der Waals surface area contributed by atoms with Crippen LogP contribution < -0.4 is 4.74 Å². The molecule has 0 aromatic heterocycles. The molecular weight excluding hydrogens is 316 g/mol. The van der Waals surface area contributed by atoms with Crippen LogP contribution in [-0.2, 0) is 20.7 Å². The van der Waals surface area contributed by atoms with Gasteiger partial charge in [0.1, 0.15) is 11.6 Å². The number of hydrogen-bond donors (Lipinski definition) is 0. The van der Waals surface area contributed by atoms with Gasteiger partial charge in [-0.25, -0.2) is 4.39 Å². The Morgan fingerprint density at radius 1 is 1.19 bits per heavy atom. The first kappa shape index (κ1) is 15.6. The van der Waals surface area contributed by atoms with Crippen molar-refractivity contribution in [3.05, 3.63) is 35.2 Å². The highest BCUT2D eigenvalue weighted by molar-refractivity contribution is 7.87. The predicted octanol–water partition coefficient (Wildman–Crippen LogP) is 3.15. The summed E-state index contributed by atoms with van der Waals surface area (Å²) in [4.78, 5) is 0. The normalized spacial score (nSPS) is 15.7.